The summed E-state index contributed by atoms with van der Waals surface area (Å²) in [5.41, 5.74) is 2.38. The maximum Gasteiger partial charge on any atom is 0.248 e. The van der Waals surface area contributed by atoms with Crippen molar-refractivity contribution < 1.29 is 9.53 Å². The van der Waals surface area contributed by atoms with Crippen molar-refractivity contribution in [2.24, 2.45) is 0 Å². The van der Waals surface area contributed by atoms with Gasteiger partial charge in [0.15, 0.2) is 0 Å². The second-order valence-corrected chi connectivity index (χ2v) is 6.16. The summed E-state index contributed by atoms with van der Waals surface area (Å²) in [6.07, 6.45) is 2.07. The fourth-order valence-electron chi connectivity index (χ4n) is 2.49. The number of likely N-dealkylation sites (N-methyl/N-ethyl adjacent to an activating group) is 1. The second kappa shape index (κ2) is 5.33. The summed E-state index contributed by atoms with van der Waals surface area (Å²) >= 11 is 0. The number of hydrogen-bond acceptors (Lipinski definition) is 2. The van der Waals surface area contributed by atoms with Gasteiger partial charge in [-0.1, -0.05) is 24.3 Å². The Balaban J connectivity index is 2.01. The first-order valence-electron chi connectivity index (χ1n) is 6.86. The van der Waals surface area contributed by atoms with Gasteiger partial charge in [-0.25, -0.2) is 0 Å². The molecule has 1 amide bonds. The minimum absolute atomic E-state index is 0.0524. The third kappa shape index (κ3) is 3.35. The molecule has 0 aromatic heterocycles. The van der Waals surface area contributed by atoms with E-state index in [9.17, 15) is 4.79 Å². The smallest absolute Gasteiger partial charge is 0.248 e. The third-order valence-corrected chi connectivity index (χ3v) is 3.59. The van der Waals surface area contributed by atoms with Crippen molar-refractivity contribution in [1.82, 2.24) is 4.90 Å². The third-order valence-electron chi connectivity index (χ3n) is 3.59. The molecular weight excluding hydrogens is 238 g/mol. The molecule has 0 radical (unpaired) electrons. The van der Waals surface area contributed by atoms with Gasteiger partial charge in [-0.3, -0.25) is 4.79 Å². The highest BCUT2D eigenvalue weighted by atomic mass is 16.5. The Hall–Kier alpha value is -1.35. The number of fused-ring (bicyclic) bond motifs is 1. The van der Waals surface area contributed by atoms with Crippen LogP contribution in [-0.4, -0.2) is 30.1 Å². The number of aryl methyl sites for hydroxylation is 1. The predicted molar refractivity (Wildman–Crippen MR) is 76.0 cm³/mol. The summed E-state index contributed by atoms with van der Waals surface area (Å²) < 4.78 is 5.57. The second-order valence-electron chi connectivity index (χ2n) is 6.16. The van der Waals surface area contributed by atoms with Crippen molar-refractivity contribution in [3.63, 3.8) is 0 Å². The molecule has 104 valence electrons. The van der Waals surface area contributed by atoms with Gasteiger partial charge < -0.3 is 9.64 Å². The molecule has 2 rings (SSSR count). The number of carbonyl (C=O) groups excluding carboxylic acids is 1. The van der Waals surface area contributed by atoms with Crippen LogP contribution in [0.1, 0.15) is 44.4 Å². The van der Waals surface area contributed by atoms with Crippen molar-refractivity contribution in [1.29, 1.82) is 0 Å². The van der Waals surface area contributed by atoms with Gasteiger partial charge in [0, 0.05) is 7.05 Å². The highest BCUT2D eigenvalue weighted by molar-refractivity contribution is 5.78. The molecule has 19 heavy (non-hydrogen) atoms. The van der Waals surface area contributed by atoms with Crippen molar-refractivity contribution in [3.8, 4) is 0 Å². The van der Waals surface area contributed by atoms with E-state index in [1.807, 2.05) is 38.8 Å². The van der Waals surface area contributed by atoms with Crippen molar-refractivity contribution >= 4 is 5.91 Å². The number of benzene rings is 1. The van der Waals surface area contributed by atoms with Gasteiger partial charge in [0.2, 0.25) is 5.91 Å². The van der Waals surface area contributed by atoms with Gasteiger partial charge in [-0.05, 0) is 44.7 Å². The van der Waals surface area contributed by atoms with Gasteiger partial charge >= 0.3 is 0 Å². The minimum atomic E-state index is -0.274. The van der Waals surface area contributed by atoms with Gasteiger partial charge in [-0.2, -0.15) is 0 Å². The first-order valence-corrected chi connectivity index (χ1v) is 6.86. The number of rotatable bonds is 3. The first kappa shape index (κ1) is 14.1. The molecule has 0 spiro atoms. The predicted octanol–water partition coefficient (Wildman–Crippen LogP) is 2.95. The van der Waals surface area contributed by atoms with Crippen LogP contribution < -0.4 is 0 Å². The van der Waals surface area contributed by atoms with Crippen LogP contribution in [0.3, 0.4) is 0 Å². The van der Waals surface area contributed by atoms with Crippen molar-refractivity contribution in [2.45, 2.75) is 45.3 Å². The standard InChI is InChI=1S/C16H23NO2/c1-16(2,3)19-11-15(18)17(4)14-10-9-12-7-5-6-8-13(12)14/h5-8,14H,9-11H2,1-4H3. The molecule has 0 N–H and O–H groups in total. The highest BCUT2D eigenvalue weighted by Gasteiger charge is 2.28. The highest BCUT2D eigenvalue weighted by Crippen LogP contribution is 2.34. The summed E-state index contributed by atoms with van der Waals surface area (Å²) in [6.45, 7) is 6.04. The summed E-state index contributed by atoms with van der Waals surface area (Å²) in [6, 6.07) is 8.58. The van der Waals surface area contributed by atoms with E-state index in [0.29, 0.717) is 0 Å². The van der Waals surface area contributed by atoms with Crippen LogP contribution in [-0.2, 0) is 16.0 Å². The molecule has 3 heteroatoms. The molecule has 0 saturated heterocycles. The lowest BCUT2D eigenvalue weighted by Gasteiger charge is -2.27. The van der Waals surface area contributed by atoms with E-state index in [1.165, 1.54) is 11.1 Å². The van der Waals surface area contributed by atoms with E-state index in [4.69, 9.17) is 4.74 Å². The molecule has 1 aromatic rings. The zero-order valence-corrected chi connectivity index (χ0v) is 12.3. The van der Waals surface area contributed by atoms with Crippen LogP contribution in [0, 0.1) is 0 Å². The van der Waals surface area contributed by atoms with E-state index >= 15 is 0 Å². The summed E-state index contributed by atoms with van der Waals surface area (Å²) in [4.78, 5) is 14.0. The van der Waals surface area contributed by atoms with Gasteiger partial charge in [0.05, 0.1) is 11.6 Å². The molecule has 0 heterocycles. The molecule has 0 fully saturated rings. The summed E-state index contributed by atoms with van der Waals surface area (Å²) in [5, 5.41) is 0. The lowest BCUT2D eigenvalue weighted by Crippen LogP contribution is -2.35. The fourth-order valence-corrected chi connectivity index (χ4v) is 2.49. The Labute approximate surface area is 115 Å². The largest absolute Gasteiger partial charge is 0.366 e. The minimum Gasteiger partial charge on any atom is -0.366 e. The Morgan fingerprint density at radius 1 is 1.37 bits per heavy atom. The number of nitrogens with zero attached hydrogens (tertiary/aromatic N) is 1. The summed E-state index contributed by atoms with van der Waals surface area (Å²) in [7, 11) is 1.88. The molecule has 1 atom stereocenters. The Morgan fingerprint density at radius 3 is 2.74 bits per heavy atom. The fraction of sp³-hybridized carbons (Fsp3) is 0.562. The molecule has 1 unspecified atom stereocenters. The van der Waals surface area contributed by atoms with Crippen molar-refractivity contribution in [2.75, 3.05) is 13.7 Å². The molecule has 3 nitrogen and oxygen atoms in total. The molecule has 0 aliphatic heterocycles. The molecule has 1 aliphatic rings. The maximum atomic E-state index is 12.2. The van der Waals surface area contributed by atoms with Crippen LogP contribution >= 0.6 is 0 Å². The molecular formula is C16H23NO2. The lowest BCUT2D eigenvalue weighted by atomic mass is 10.1. The SMILES string of the molecule is CN(C(=O)COC(C)(C)C)C1CCc2ccccc21. The zero-order valence-electron chi connectivity index (χ0n) is 12.3. The Kier molecular flexibility index (Phi) is 3.95. The number of carbonyl (C=O) groups is 1. The normalized spacial score (nSPS) is 18.2. The Morgan fingerprint density at radius 2 is 2.05 bits per heavy atom. The molecule has 1 aromatic carbocycles. The van der Waals surface area contributed by atoms with Gasteiger partial charge in [0.1, 0.15) is 6.61 Å². The number of amides is 1. The first-order chi connectivity index (χ1) is 8.88. The van der Waals surface area contributed by atoms with E-state index in [0.717, 1.165) is 12.8 Å². The number of ether oxygens (including phenoxy) is 1. The topological polar surface area (TPSA) is 29.5 Å². The average Bonchev–Trinajstić information content (AvgIpc) is 2.78. The van der Waals surface area contributed by atoms with E-state index in [-0.39, 0.29) is 24.2 Å². The summed E-state index contributed by atoms with van der Waals surface area (Å²) in [5.74, 6) is 0.0524. The van der Waals surface area contributed by atoms with E-state index in [2.05, 4.69) is 18.2 Å². The molecule has 0 bridgehead atoms. The van der Waals surface area contributed by atoms with Gasteiger partial charge in [0.25, 0.3) is 0 Å². The zero-order chi connectivity index (χ0) is 14.0. The molecule has 1 aliphatic carbocycles. The van der Waals surface area contributed by atoms with Crippen molar-refractivity contribution in [3.05, 3.63) is 35.4 Å². The number of hydrogen-bond donors (Lipinski definition) is 0. The average molecular weight is 261 g/mol. The van der Waals surface area contributed by atoms with Crippen LogP contribution in [0.4, 0.5) is 0 Å². The Bertz CT molecular complexity index is 462. The molecule has 0 saturated carbocycles. The van der Waals surface area contributed by atoms with E-state index in [1.54, 1.807) is 0 Å². The van der Waals surface area contributed by atoms with Crippen LogP contribution in [0.25, 0.3) is 0 Å². The maximum absolute atomic E-state index is 12.2. The van der Waals surface area contributed by atoms with Crippen LogP contribution in [0.5, 0.6) is 0 Å². The quantitative estimate of drug-likeness (QED) is 0.837. The van der Waals surface area contributed by atoms with Crippen LogP contribution in [0.2, 0.25) is 0 Å². The van der Waals surface area contributed by atoms with E-state index < -0.39 is 0 Å². The monoisotopic (exact) mass is 261 g/mol. The van der Waals surface area contributed by atoms with Crippen LogP contribution in [0.15, 0.2) is 24.3 Å². The van der Waals surface area contributed by atoms with Gasteiger partial charge in [-0.15, -0.1) is 0 Å². The lowest BCUT2D eigenvalue weighted by molar-refractivity contribution is -0.141.